The van der Waals surface area contributed by atoms with Crippen LogP contribution in [0.4, 0.5) is 0 Å². The predicted molar refractivity (Wildman–Crippen MR) is 187 cm³/mol. The van der Waals surface area contributed by atoms with Crippen LogP contribution in [0.5, 0.6) is 0 Å². The Hall–Kier alpha value is -6.53. The van der Waals surface area contributed by atoms with E-state index in [1.807, 2.05) is 103 Å². The first kappa shape index (κ1) is 26.8. The van der Waals surface area contributed by atoms with Gasteiger partial charge >= 0.3 is 0 Å². The number of rotatable bonds is 5. The second kappa shape index (κ2) is 11.1. The second-order valence-electron chi connectivity index (χ2n) is 11.3. The van der Waals surface area contributed by atoms with Crippen LogP contribution in [0.2, 0.25) is 0 Å². The van der Waals surface area contributed by atoms with Gasteiger partial charge in [-0.1, -0.05) is 127 Å². The summed E-state index contributed by atoms with van der Waals surface area (Å²) in [6.45, 7) is 0. The Morgan fingerprint density at radius 1 is 0.447 bits per heavy atom. The van der Waals surface area contributed by atoms with Crippen LogP contribution in [0.3, 0.4) is 0 Å². The smallest absolute Gasteiger partial charge is 0.164 e. The molecule has 4 aromatic heterocycles. The van der Waals surface area contributed by atoms with E-state index in [9.17, 15) is 0 Å². The van der Waals surface area contributed by atoms with Crippen molar-refractivity contribution < 1.29 is 4.42 Å². The number of nitrogens with zero attached hydrogens (tertiary/aromatic N) is 5. The van der Waals surface area contributed by atoms with Gasteiger partial charge in [-0.05, 0) is 18.2 Å². The molecule has 0 aliphatic heterocycles. The Labute approximate surface area is 270 Å². The molecule has 0 saturated carbocycles. The molecule has 0 aliphatic rings. The molecule has 47 heavy (non-hydrogen) atoms. The lowest BCUT2D eigenvalue weighted by Crippen LogP contribution is -2.00. The minimum absolute atomic E-state index is 0.599. The molecule has 0 bridgehead atoms. The molecule has 0 radical (unpaired) electrons. The van der Waals surface area contributed by atoms with Gasteiger partial charge in [-0.2, -0.15) is 0 Å². The summed E-state index contributed by atoms with van der Waals surface area (Å²) in [5.41, 5.74) is 8.71. The average molecular weight is 604 g/mol. The van der Waals surface area contributed by atoms with Gasteiger partial charge in [0.25, 0.3) is 0 Å². The minimum atomic E-state index is 0.599. The van der Waals surface area contributed by atoms with Crippen molar-refractivity contribution in [3.63, 3.8) is 0 Å². The molecule has 4 heterocycles. The first-order valence-corrected chi connectivity index (χ1v) is 15.4. The fourth-order valence-electron chi connectivity index (χ4n) is 6.08. The predicted octanol–water partition coefficient (Wildman–Crippen LogP) is 10.0. The van der Waals surface area contributed by atoms with Gasteiger partial charge in [-0.3, -0.25) is 4.98 Å². The highest BCUT2D eigenvalue weighted by Crippen LogP contribution is 2.39. The zero-order chi connectivity index (χ0) is 31.2. The van der Waals surface area contributed by atoms with E-state index in [0.29, 0.717) is 17.5 Å². The molecule has 6 heteroatoms. The highest BCUT2D eigenvalue weighted by Gasteiger charge is 2.19. The van der Waals surface area contributed by atoms with Gasteiger partial charge in [0.2, 0.25) is 0 Å². The van der Waals surface area contributed by atoms with E-state index in [2.05, 4.69) is 48.5 Å². The van der Waals surface area contributed by atoms with Crippen molar-refractivity contribution in [2.45, 2.75) is 0 Å². The molecular weight excluding hydrogens is 578 g/mol. The van der Waals surface area contributed by atoms with Crippen molar-refractivity contribution in [1.29, 1.82) is 0 Å². The number of fused-ring (bicyclic) bond motifs is 4. The molecule has 0 N–H and O–H groups in total. The number of pyridine rings is 2. The van der Waals surface area contributed by atoms with Gasteiger partial charge in [0.1, 0.15) is 11.3 Å². The first-order valence-electron chi connectivity index (χ1n) is 15.4. The third kappa shape index (κ3) is 4.80. The maximum absolute atomic E-state index is 6.45. The number of para-hydroxylation sites is 2. The number of benzene rings is 5. The second-order valence-corrected chi connectivity index (χ2v) is 11.3. The zero-order valence-electron chi connectivity index (χ0n) is 25.1. The molecule has 220 valence electrons. The van der Waals surface area contributed by atoms with Crippen LogP contribution in [0.25, 0.3) is 89.5 Å². The average Bonchev–Trinajstić information content (AvgIpc) is 3.53. The molecule has 9 aromatic rings. The van der Waals surface area contributed by atoms with Gasteiger partial charge in [0.05, 0.1) is 11.2 Å². The van der Waals surface area contributed by atoms with Crippen LogP contribution in [0, 0.1) is 0 Å². The normalized spacial score (nSPS) is 11.4. The molecule has 0 spiro atoms. The Kier molecular flexibility index (Phi) is 6.35. The summed E-state index contributed by atoms with van der Waals surface area (Å²) in [6.07, 6.45) is 1.82. The van der Waals surface area contributed by atoms with Crippen LogP contribution in [-0.2, 0) is 0 Å². The van der Waals surface area contributed by atoms with E-state index in [-0.39, 0.29) is 0 Å². The van der Waals surface area contributed by atoms with Crippen LogP contribution < -0.4 is 0 Å². The Morgan fingerprint density at radius 3 is 1.74 bits per heavy atom. The van der Waals surface area contributed by atoms with Crippen LogP contribution >= 0.6 is 0 Å². The molecule has 6 nitrogen and oxygen atoms in total. The number of hydrogen-bond donors (Lipinski definition) is 0. The van der Waals surface area contributed by atoms with Gasteiger partial charge in [-0.15, -0.1) is 0 Å². The summed E-state index contributed by atoms with van der Waals surface area (Å²) >= 11 is 0. The van der Waals surface area contributed by atoms with Crippen molar-refractivity contribution in [2.75, 3.05) is 0 Å². The van der Waals surface area contributed by atoms with E-state index < -0.39 is 0 Å². The van der Waals surface area contributed by atoms with Gasteiger partial charge in [-0.25, -0.2) is 19.9 Å². The molecule has 0 fully saturated rings. The number of hydrogen-bond acceptors (Lipinski definition) is 6. The topological polar surface area (TPSA) is 77.6 Å². The largest absolute Gasteiger partial charge is 0.454 e. The lowest BCUT2D eigenvalue weighted by Gasteiger charge is -2.10. The first-order chi connectivity index (χ1) is 23.3. The molecule has 0 unspecified atom stereocenters. The van der Waals surface area contributed by atoms with Crippen molar-refractivity contribution in [3.05, 3.63) is 152 Å². The molecule has 0 aliphatic carbocycles. The quantitative estimate of drug-likeness (QED) is 0.195. The van der Waals surface area contributed by atoms with E-state index in [4.69, 9.17) is 29.3 Å². The highest BCUT2D eigenvalue weighted by molar-refractivity contribution is 6.10. The van der Waals surface area contributed by atoms with Gasteiger partial charge in [0, 0.05) is 50.2 Å². The Bertz CT molecular complexity index is 2500. The Morgan fingerprint density at radius 2 is 1.04 bits per heavy atom. The number of furan rings is 1. The van der Waals surface area contributed by atoms with Crippen LogP contribution in [0.1, 0.15) is 0 Å². The Balaban J connectivity index is 1.20. The fraction of sp³-hybridized carbons (Fsp3) is 0. The summed E-state index contributed by atoms with van der Waals surface area (Å²) in [6, 6.07) is 48.6. The molecule has 0 amide bonds. The highest BCUT2D eigenvalue weighted by atomic mass is 16.3. The van der Waals surface area contributed by atoms with E-state index in [1.54, 1.807) is 0 Å². The van der Waals surface area contributed by atoms with E-state index in [1.165, 1.54) is 0 Å². The SMILES string of the molecule is c1ccc(-c2nc(-c3ccccc3)nc(-c3ccc(-c4nc(-c5cccc6cccnc56)cc5c4oc4ccccc45)cc3)n2)cc1. The summed E-state index contributed by atoms with van der Waals surface area (Å²) in [7, 11) is 0. The lowest BCUT2D eigenvalue weighted by atomic mass is 10.0. The van der Waals surface area contributed by atoms with Crippen molar-refractivity contribution >= 4 is 32.8 Å². The summed E-state index contributed by atoms with van der Waals surface area (Å²) in [5.74, 6) is 1.85. The lowest BCUT2D eigenvalue weighted by molar-refractivity contribution is 0.668. The molecule has 9 rings (SSSR count). The van der Waals surface area contributed by atoms with E-state index in [0.717, 1.165) is 72.0 Å². The van der Waals surface area contributed by atoms with Crippen LogP contribution in [-0.4, -0.2) is 24.9 Å². The molecule has 0 saturated heterocycles. The third-order valence-electron chi connectivity index (χ3n) is 8.39. The van der Waals surface area contributed by atoms with Gasteiger partial charge < -0.3 is 4.42 Å². The summed E-state index contributed by atoms with van der Waals surface area (Å²) in [5, 5.41) is 3.12. The maximum Gasteiger partial charge on any atom is 0.164 e. The fourth-order valence-corrected chi connectivity index (χ4v) is 6.08. The minimum Gasteiger partial charge on any atom is -0.454 e. The number of aromatic nitrogens is 5. The monoisotopic (exact) mass is 603 g/mol. The van der Waals surface area contributed by atoms with E-state index >= 15 is 0 Å². The summed E-state index contributed by atoms with van der Waals surface area (Å²) < 4.78 is 6.45. The van der Waals surface area contributed by atoms with Crippen molar-refractivity contribution in [1.82, 2.24) is 24.9 Å². The van der Waals surface area contributed by atoms with Crippen molar-refractivity contribution in [3.8, 4) is 56.7 Å². The maximum atomic E-state index is 6.45. The molecular formula is C41H25N5O. The standard InChI is InChI=1S/C41H25N5O/c1-3-11-28(12-4-1)39-44-40(29-13-5-2-6-14-29)46-41(45-39)30-22-20-27(21-23-30)37-38-33(31-17-7-8-19-35(31)47-38)25-34(43-37)32-18-9-15-26-16-10-24-42-36(26)32/h1-25H. The molecule has 0 atom stereocenters. The molecule has 5 aromatic carbocycles. The third-order valence-corrected chi connectivity index (χ3v) is 8.39. The van der Waals surface area contributed by atoms with Gasteiger partial charge in [0.15, 0.2) is 23.1 Å². The van der Waals surface area contributed by atoms with Crippen LogP contribution in [0.15, 0.2) is 156 Å². The zero-order valence-corrected chi connectivity index (χ0v) is 25.1. The van der Waals surface area contributed by atoms with Crippen molar-refractivity contribution in [2.24, 2.45) is 0 Å². The summed E-state index contributed by atoms with van der Waals surface area (Å²) in [4.78, 5) is 24.6.